The van der Waals surface area contributed by atoms with Crippen molar-refractivity contribution in [2.45, 2.75) is 94.9 Å². The standard InChI is InChI=1S/C29H41IN2O7/c1-18(2)6-10-23-27(4,39-23)29(35)25(36-5)22(12-13-28(29)17-37-28)38-26(34)32-15-14-31-24(33)11-9-20-8-7-19(3)21(30)16-20/h6-8,16,22-23,25,35H,9-15,17H2,1-5H3,(H,31,33)(H,32,34)/i30-2. The van der Waals surface area contributed by atoms with Crippen molar-refractivity contribution in [2.24, 2.45) is 0 Å². The van der Waals surface area contributed by atoms with Crippen molar-refractivity contribution in [3.63, 3.8) is 0 Å². The molecule has 3 N–H and O–H groups in total. The summed E-state index contributed by atoms with van der Waals surface area (Å²) in [5.74, 6) is -0.0763. The maximum Gasteiger partial charge on any atom is 0.407 e. The Balaban J connectivity index is 1.25. The molecule has 2 amide bonds. The fourth-order valence-corrected chi connectivity index (χ4v) is 6.35. The number of allylic oxidation sites excluding steroid dienone is 1. The van der Waals surface area contributed by atoms with Gasteiger partial charge in [-0.25, -0.2) is 4.79 Å². The number of carbonyl (C=O) groups excluding carboxylic acids is 2. The summed E-state index contributed by atoms with van der Waals surface area (Å²) in [5, 5.41) is 17.6. The molecular formula is C29H41IN2O7. The lowest BCUT2D eigenvalue weighted by Gasteiger charge is -2.49. The summed E-state index contributed by atoms with van der Waals surface area (Å²) in [6.45, 7) is 8.92. The number of alkyl carbamates (subject to hydrolysis) is 1. The molecule has 6 atom stereocenters. The lowest BCUT2D eigenvalue weighted by atomic mass is 9.64. The van der Waals surface area contributed by atoms with Gasteiger partial charge in [0.15, 0.2) is 5.60 Å². The van der Waals surface area contributed by atoms with Crippen LogP contribution in [0.25, 0.3) is 0 Å². The number of halogens is 1. The molecule has 2 aliphatic heterocycles. The number of amides is 2. The van der Waals surface area contributed by atoms with Crippen molar-refractivity contribution in [1.29, 1.82) is 0 Å². The molecule has 1 saturated carbocycles. The first-order valence-electron chi connectivity index (χ1n) is 13.6. The molecule has 1 aromatic carbocycles. The number of hydrogen-bond donors (Lipinski definition) is 3. The first-order chi connectivity index (χ1) is 18.5. The van der Waals surface area contributed by atoms with Gasteiger partial charge in [-0.05, 0) is 93.2 Å². The summed E-state index contributed by atoms with van der Waals surface area (Å²) < 4.78 is 24.6. The molecule has 2 heterocycles. The topological polar surface area (TPSA) is 122 Å². The zero-order valence-corrected chi connectivity index (χ0v) is 25.6. The Morgan fingerprint density at radius 3 is 2.62 bits per heavy atom. The average molecular weight is 655 g/mol. The van der Waals surface area contributed by atoms with Crippen LogP contribution in [-0.2, 0) is 30.2 Å². The normalized spacial score (nSPS) is 32.8. The van der Waals surface area contributed by atoms with E-state index in [0.29, 0.717) is 38.7 Å². The molecule has 6 unspecified atom stereocenters. The highest BCUT2D eigenvalue weighted by Gasteiger charge is 2.81. The van der Waals surface area contributed by atoms with Crippen LogP contribution in [0.5, 0.6) is 0 Å². The zero-order chi connectivity index (χ0) is 28.4. The molecule has 0 radical (unpaired) electrons. The van der Waals surface area contributed by atoms with E-state index in [9.17, 15) is 14.7 Å². The van der Waals surface area contributed by atoms with Crippen molar-refractivity contribution < 1.29 is 33.6 Å². The van der Waals surface area contributed by atoms with Crippen LogP contribution in [0, 0.1) is 10.5 Å². The number of carbonyl (C=O) groups is 2. The summed E-state index contributed by atoms with van der Waals surface area (Å²) >= 11 is 2.29. The van der Waals surface area contributed by atoms with E-state index in [1.165, 1.54) is 21.8 Å². The van der Waals surface area contributed by atoms with Crippen LogP contribution < -0.4 is 10.6 Å². The molecular weight excluding hydrogens is 613 g/mol. The fourth-order valence-electron chi connectivity index (χ4n) is 5.77. The van der Waals surface area contributed by atoms with Gasteiger partial charge in [-0.1, -0.05) is 23.8 Å². The Labute approximate surface area is 244 Å². The third-order valence-electron chi connectivity index (χ3n) is 8.32. The lowest BCUT2D eigenvalue weighted by molar-refractivity contribution is -0.223. The molecule has 4 rings (SSSR count). The van der Waals surface area contributed by atoms with Crippen molar-refractivity contribution in [3.8, 4) is 0 Å². The first-order valence-corrected chi connectivity index (χ1v) is 14.7. The third-order valence-corrected chi connectivity index (χ3v) is 9.48. The minimum absolute atomic E-state index is 0.0763. The third kappa shape index (κ3) is 6.29. The molecule has 10 heteroatoms. The first kappa shape index (κ1) is 30.2. The summed E-state index contributed by atoms with van der Waals surface area (Å²) in [6, 6.07) is 6.19. The highest BCUT2D eigenvalue weighted by Crippen LogP contribution is 2.62. The number of epoxide rings is 2. The number of benzene rings is 1. The van der Waals surface area contributed by atoms with Gasteiger partial charge in [-0.2, -0.15) is 0 Å². The SMILES string of the molecule is COC1C(OC(=O)NCCNC(=O)CCc2ccc(C)c([125I])c2)CCC2(CO2)C1(O)C1(C)OC1CC=C(C)C. The molecule has 39 heavy (non-hydrogen) atoms. The van der Waals surface area contributed by atoms with E-state index in [1.54, 1.807) is 0 Å². The second-order valence-electron chi connectivity index (χ2n) is 11.3. The summed E-state index contributed by atoms with van der Waals surface area (Å²) in [5.41, 5.74) is 0.403. The predicted molar refractivity (Wildman–Crippen MR) is 154 cm³/mol. The molecule has 216 valence electrons. The minimum atomic E-state index is -1.47. The fraction of sp³-hybridized carbons (Fsp3) is 0.655. The largest absolute Gasteiger partial charge is 0.443 e. The number of methoxy groups -OCH3 is 1. The maximum absolute atomic E-state index is 12.6. The summed E-state index contributed by atoms with van der Waals surface area (Å²) in [7, 11) is 1.51. The molecule has 2 saturated heterocycles. The van der Waals surface area contributed by atoms with Crippen LogP contribution in [0.4, 0.5) is 4.79 Å². The second-order valence-corrected chi connectivity index (χ2v) is 12.4. The van der Waals surface area contributed by atoms with Gasteiger partial charge in [-0.3, -0.25) is 4.79 Å². The number of ether oxygens (including phenoxy) is 4. The summed E-state index contributed by atoms with van der Waals surface area (Å²) in [6.07, 6.45) is 2.54. The van der Waals surface area contributed by atoms with Gasteiger partial charge in [0.05, 0.1) is 12.7 Å². The molecule has 1 aromatic rings. The van der Waals surface area contributed by atoms with Crippen molar-refractivity contribution in [3.05, 3.63) is 44.5 Å². The van der Waals surface area contributed by atoms with E-state index >= 15 is 0 Å². The number of nitrogens with one attached hydrogen (secondary N) is 2. The van der Waals surface area contributed by atoms with Crippen LogP contribution in [0.2, 0.25) is 0 Å². The Bertz CT molecular complexity index is 1100. The van der Waals surface area contributed by atoms with E-state index in [2.05, 4.69) is 58.4 Å². The number of aryl methyl sites for hydroxylation is 2. The van der Waals surface area contributed by atoms with Crippen LogP contribution in [0.3, 0.4) is 0 Å². The molecule has 9 nitrogen and oxygen atoms in total. The van der Waals surface area contributed by atoms with Gasteiger partial charge in [0.2, 0.25) is 5.91 Å². The second kappa shape index (κ2) is 12.0. The zero-order valence-electron chi connectivity index (χ0n) is 23.5. The van der Waals surface area contributed by atoms with E-state index in [-0.39, 0.29) is 25.1 Å². The van der Waals surface area contributed by atoms with Gasteiger partial charge >= 0.3 is 6.09 Å². The highest BCUT2D eigenvalue weighted by atomic mass is 125. The number of rotatable bonds is 11. The molecule has 3 fully saturated rings. The number of hydrogen-bond acceptors (Lipinski definition) is 7. The Morgan fingerprint density at radius 2 is 1.97 bits per heavy atom. The van der Waals surface area contributed by atoms with Gasteiger partial charge in [0.1, 0.15) is 23.4 Å². The van der Waals surface area contributed by atoms with Gasteiger partial charge in [0.25, 0.3) is 0 Å². The van der Waals surface area contributed by atoms with Crippen LogP contribution in [-0.4, -0.2) is 79.0 Å². The van der Waals surface area contributed by atoms with Crippen molar-refractivity contribution >= 4 is 34.6 Å². The van der Waals surface area contributed by atoms with Crippen LogP contribution in [0.1, 0.15) is 57.6 Å². The summed E-state index contributed by atoms with van der Waals surface area (Å²) in [4.78, 5) is 24.9. The Kier molecular flexibility index (Phi) is 9.32. The quantitative estimate of drug-likeness (QED) is 0.144. The Morgan fingerprint density at radius 1 is 1.26 bits per heavy atom. The van der Waals surface area contributed by atoms with Crippen LogP contribution >= 0.6 is 22.6 Å². The van der Waals surface area contributed by atoms with Gasteiger partial charge in [0, 0.05) is 30.2 Å². The van der Waals surface area contributed by atoms with E-state index < -0.39 is 35.1 Å². The van der Waals surface area contributed by atoms with Crippen LogP contribution in [0.15, 0.2) is 29.8 Å². The molecule has 1 aliphatic carbocycles. The van der Waals surface area contributed by atoms with Crippen molar-refractivity contribution in [2.75, 3.05) is 26.8 Å². The smallest absolute Gasteiger partial charge is 0.407 e. The molecule has 0 aromatic heterocycles. The molecule has 1 spiro atoms. The maximum atomic E-state index is 12.6. The van der Waals surface area contributed by atoms with E-state index in [1.807, 2.05) is 26.8 Å². The Hall–Kier alpha value is -1.73. The van der Waals surface area contributed by atoms with Gasteiger partial charge in [-0.15, -0.1) is 0 Å². The lowest BCUT2D eigenvalue weighted by Crippen LogP contribution is -2.70. The minimum Gasteiger partial charge on any atom is -0.443 e. The van der Waals surface area contributed by atoms with E-state index in [0.717, 1.165) is 5.56 Å². The van der Waals surface area contributed by atoms with Gasteiger partial charge < -0.3 is 34.7 Å². The predicted octanol–water partition coefficient (Wildman–Crippen LogP) is 3.57. The number of aliphatic hydroxyl groups is 1. The van der Waals surface area contributed by atoms with Crippen molar-refractivity contribution in [1.82, 2.24) is 10.6 Å². The van der Waals surface area contributed by atoms with E-state index in [4.69, 9.17) is 18.9 Å². The highest BCUT2D eigenvalue weighted by molar-refractivity contribution is 14.1. The molecule has 0 bridgehead atoms. The molecule has 3 aliphatic rings. The monoisotopic (exact) mass is 654 g/mol. The average Bonchev–Trinajstić information content (AvgIpc) is 3.81.